The first-order valence-electron chi connectivity index (χ1n) is 8.30. The minimum absolute atomic E-state index is 0.230. The summed E-state index contributed by atoms with van der Waals surface area (Å²) in [5.41, 5.74) is 1.62. The summed E-state index contributed by atoms with van der Waals surface area (Å²) in [7, 11) is 1.81. The third kappa shape index (κ3) is 3.98. The summed E-state index contributed by atoms with van der Waals surface area (Å²) in [5, 5.41) is 7.95. The normalized spacial score (nSPS) is 16.0. The molecule has 4 nitrogen and oxygen atoms in total. The number of nitrogens with zero attached hydrogens (tertiary/aromatic N) is 2. The lowest BCUT2D eigenvalue weighted by Gasteiger charge is -2.20. The van der Waals surface area contributed by atoms with Crippen LogP contribution in [0.15, 0.2) is 39.9 Å². The molecule has 0 amide bonds. The molecule has 2 aromatic rings. The number of nitrogens with one attached hydrogen (secondary N) is 2. The van der Waals surface area contributed by atoms with Crippen LogP contribution < -0.4 is 10.6 Å². The Labute approximate surface area is 155 Å². The van der Waals surface area contributed by atoms with Gasteiger partial charge in [-0.25, -0.2) is 4.98 Å². The summed E-state index contributed by atoms with van der Waals surface area (Å²) in [5.74, 6) is 0.835. The van der Waals surface area contributed by atoms with E-state index in [1.54, 1.807) is 11.3 Å². The van der Waals surface area contributed by atoms with Gasteiger partial charge >= 0.3 is 0 Å². The molecule has 128 valence electrons. The molecule has 0 aliphatic heterocycles. The molecule has 1 fully saturated rings. The smallest absolute Gasteiger partial charge is 0.191 e. The van der Waals surface area contributed by atoms with Gasteiger partial charge in [0.15, 0.2) is 5.96 Å². The molecular formula is C18H23BrN4S. The van der Waals surface area contributed by atoms with E-state index in [4.69, 9.17) is 0 Å². The van der Waals surface area contributed by atoms with E-state index in [-0.39, 0.29) is 5.41 Å². The van der Waals surface area contributed by atoms with Gasteiger partial charge in [0.1, 0.15) is 5.01 Å². The van der Waals surface area contributed by atoms with Crippen LogP contribution in [0.25, 0.3) is 0 Å². The highest BCUT2D eigenvalue weighted by atomic mass is 79.9. The second kappa shape index (κ2) is 7.66. The van der Waals surface area contributed by atoms with Crippen molar-refractivity contribution in [3.8, 4) is 0 Å². The Morgan fingerprint density at radius 2 is 2.12 bits per heavy atom. The predicted octanol–water partition coefficient (Wildman–Crippen LogP) is 3.86. The van der Waals surface area contributed by atoms with Gasteiger partial charge in [-0.05, 0) is 30.9 Å². The van der Waals surface area contributed by atoms with E-state index in [2.05, 4.69) is 67.7 Å². The zero-order valence-electron chi connectivity index (χ0n) is 14.1. The molecule has 1 aromatic carbocycles. The average molecular weight is 407 g/mol. The number of aromatic nitrogens is 1. The standard InChI is InChI=1S/C18H23BrN4S/c1-3-13-10-21-16(24-13)11-22-17(20-2)23-12-18(8-9-18)14-6-4-5-7-15(14)19/h4-7,10H,3,8-9,11-12H2,1-2H3,(H2,20,22,23). The highest BCUT2D eigenvalue weighted by molar-refractivity contribution is 9.10. The summed E-state index contributed by atoms with van der Waals surface area (Å²) in [6.07, 6.45) is 5.43. The number of aryl methyl sites for hydroxylation is 1. The van der Waals surface area contributed by atoms with Crippen molar-refractivity contribution in [2.45, 2.75) is 38.1 Å². The second-order valence-corrected chi connectivity index (χ2v) is 8.17. The molecular weight excluding hydrogens is 384 g/mol. The number of benzene rings is 1. The maximum Gasteiger partial charge on any atom is 0.191 e. The number of rotatable bonds is 6. The lowest BCUT2D eigenvalue weighted by molar-refractivity contribution is 0.643. The molecule has 0 unspecified atom stereocenters. The maximum atomic E-state index is 4.44. The molecule has 2 N–H and O–H groups in total. The molecule has 3 rings (SSSR count). The van der Waals surface area contributed by atoms with Gasteiger partial charge in [-0.15, -0.1) is 11.3 Å². The van der Waals surface area contributed by atoms with Gasteiger partial charge in [-0.3, -0.25) is 4.99 Å². The minimum atomic E-state index is 0.230. The Balaban J connectivity index is 1.56. The molecule has 1 aromatic heterocycles. The highest BCUT2D eigenvalue weighted by Crippen LogP contribution is 2.49. The van der Waals surface area contributed by atoms with Gasteiger partial charge in [0.2, 0.25) is 0 Å². The average Bonchev–Trinajstić information content (AvgIpc) is 3.24. The van der Waals surface area contributed by atoms with Gasteiger partial charge in [0.05, 0.1) is 6.54 Å². The van der Waals surface area contributed by atoms with Crippen molar-refractivity contribution in [3.05, 3.63) is 50.4 Å². The Morgan fingerprint density at radius 3 is 2.75 bits per heavy atom. The number of aliphatic imine (C=N–C) groups is 1. The first-order valence-corrected chi connectivity index (χ1v) is 9.91. The van der Waals surface area contributed by atoms with Crippen molar-refractivity contribution in [1.29, 1.82) is 0 Å². The van der Waals surface area contributed by atoms with Crippen molar-refractivity contribution in [1.82, 2.24) is 15.6 Å². The van der Waals surface area contributed by atoms with Gasteiger partial charge in [-0.1, -0.05) is 41.1 Å². The van der Waals surface area contributed by atoms with Crippen LogP contribution in [0, 0.1) is 0 Å². The Kier molecular flexibility index (Phi) is 5.56. The molecule has 24 heavy (non-hydrogen) atoms. The number of guanidine groups is 1. The third-order valence-corrected chi connectivity index (χ3v) is 6.31. The van der Waals surface area contributed by atoms with Gasteiger partial charge in [0, 0.05) is 34.6 Å². The molecule has 1 aliphatic carbocycles. The number of thiazole rings is 1. The van der Waals surface area contributed by atoms with E-state index in [0.717, 1.165) is 23.9 Å². The SMILES string of the molecule is CCc1cnc(CNC(=NC)NCC2(c3ccccc3Br)CC2)s1. The Hall–Kier alpha value is -1.40. The Bertz CT molecular complexity index is 721. The van der Waals surface area contributed by atoms with E-state index < -0.39 is 0 Å². The van der Waals surface area contributed by atoms with Crippen molar-refractivity contribution in [3.63, 3.8) is 0 Å². The largest absolute Gasteiger partial charge is 0.356 e. The third-order valence-electron chi connectivity index (χ3n) is 4.47. The second-order valence-electron chi connectivity index (χ2n) is 6.11. The molecule has 1 saturated carbocycles. The van der Waals surface area contributed by atoms with Crippen LogP contribution in [0.4, 0.5) is 0 Å². The maximum absolute atomic E-state index is 4.44. The molecule has 0 bridgehead atoms. The van der Waals surface area contributed by atoms with Crippen molar-refractivity contribution >= 4 is 33.2 Å². The summed E-state index contributed by atoms with van der Waals surface area (Å²) >= 11 is 5.44. The minimum Gasteiger partial charge on any atom is -0.356 e. The highest BCUT2D eigenvalue weighted by Gasteiger charge is 2.45. The topological polar surface area (TPSA) is 49.3 Å². The van der Waals surface area contributed by atoms with E-state index >= 15 is 0 Å². The zero-order chi connectivity index (χ0) is 17.0. The summed E-state index contributed by atoms with van der Waals surface area (Å²) in [4.78, 5) is 10.1. The fraction of sp³-hybridized carbons (Fsp3) is 0.444. The van der Waals surface area contributed by atoms with Gasteiger partial charge in [-0.2, -0.15) is 0 Å². The van der Waals surface area contributed by atoms with Crippen molar-refractivity contribution < 1.29 is 0 Å². The van der Waals surface area contributed by atoms with Crippen LogP contribution >= 0.6 is 27.3 Å². The van der Waals surface area contributed by atoms with Gasteiger partial charge in [0.25, 0.3) is 0 Å². The number of hydrogen-bond donors (Lipinski definition) is 2. The first kappa shape index (κ1) is 17.4. The van der Waals surface area contributed by atoms with Crippen LogP contribution in [0.3, 0.4) is 0 Å². The zero-order valence-corrected chi connectivity index (χ0v) is 16.5. The first-order chi connectivity index (χ1) is 11.7. The van der Waals surface area contributed by atoms with Crippen molar-refractivity contribution in [2.75, 3.05) is 13.6 Å². The van der Waals surface area contributed by atoms with Crippen LogP contribution in [0.1, 0.15) is 35.2 Å². The number of halogens is 1. The van der Waals surface area contributed by atoms with E-state index in [9.17, 15) is 0 Å². The van der Waals surface area contributed by atoms with E-state index in [1.807, 2.05) is 13.2 Å². The number of hydrogen-bond acceptors (Lipinski definition) is 3. The molecule has 6 heteroatoms. The van der Waals surface area contributed by atoms with Crippen molar-refractivity contribution in [2.24, 2.45) is 4.99 Å². The lowest BCUT2D eigenvalue weighted by atomic mass is 9.96. The van der Waals surface area contributed by atoms with E-state index in [1.165, 1.54) is 27.8 Å². The fourth-order valence-corrected chi connectivity index (χ4v) is 4.32. The van der Waals surface area contributed by atoms with E-state index in [0.29, 0.717) is 6.54 Å². The van der Waals surface area contributed by atoms with Crippen LogP contribution in [-0.4, -0.2) is 24.5 Å². The molecule has 0 radical (unpaired) electrons. The van der Waals surface area contributed by atoms with Crippen LogP contribution in [0.2, 0.25) is 0 Å². The summed E-state index contributed by atoms with van der Waals surface area (Å²) < 4.78 is 1.20. The molecule has 0 saturated heterocycles. The summed E-state index contributed by atoms with van der Waals surface area (Å²) in [6.45, 7) is 3.77. The Morgan fingerprint density at radius 1 is 1.33 bits per heavy atom. The molecule has 1 aliphatic rings. The van der Waals surface area contributed by atoms with Crippen LogP contribution in [0.5, 0.6) is 0 Å². The fourth-order valence-electron chi connectivity index (χ4n) is 2.81. The summed E-state index contributed by atoms with van der Waals surface area (Å²) in [6, 6.07) is 8.52. The monoisotopic (exact) mass is 406 g/mol. The molecule has 1 heterocycles. The van der Waals surface area contributed by atoms with Gasteiger partial charge < -0.3 is 10.6 Å². The quantitative estimate of drug-likeness (QED) is 0.565. The molecule has 0 atom stereocenters. The molecule has 0 spiro atoms. The predicted molar refractivity (Wildman–Crippen MR) is 105 cm³/mol. The van der Waals surface area contributed by atoms with Crippen LogP contribution in [-0.2, 0) is 18.4 Å². The lowest BCUT2D eigenvalue weighted by Crippen LogP contribution is -2.41.